The van der Waals surface area contributed by atoms with E-state index < -0.39 is 11.7 Å². The molecular formula is C21H25F3N4. The Kier molecular flexibility index (Phi) is 4.47. The molecule has 4 nitrogen and oxygen atoms in total. The number of hydrogen-bond donors (Lipinski definition) is 2. The number of alkyl halides is 3. The molecule has 1 aromatic heterocycles. The van der Waals surface area contributed by atoms with Crippen molar-refractivity contribution in [2.24, 2.45) is 11.8 Å². The van der Waals surface area contributed by atoms with Gasteiger partial charge in [-0.15, -0.1) is 0 Å². The van der Waals surface area contributed by atoms with Crippen LogP contribution in [0.15, 0.2) is 24.3 Å². The number of benzene rings is 1. The second-order valence-corrected chi connectivity index (χ2v) is 8.52. The van der Waals surface area contributed by atoms with Crippen LogP contribution in [0.1, 0.15) is 46.8 Å². The molecule has 1 aliphatic carbocycles. The lowest BCUT2D eigenvalue weighted by Gasteiger charge is -2.21. The minimum Gasteiger partial charge on any atom is -0.311 e. The van der Waals surface area contributed by atoms with Crippen molar-refractivity contribution in [3.63, 3.8) is 0 Å². The molecule has 2 fully saturated rings. The summed E-state index contributed by atoms with van der Waals surface area (Å²) < 4.78 is 40.1. The van der Waals surface area contributed by atoms with E-state index in [1.54, 1.807) is 12.1 Å². The number of aromatic nitrogens is 2. The Hall–Kier alpha value is -1.86. The van der Waals surface area contributed by atoms with Crippen LogP contribution in [0, 0.1) is 11.8 Å². The van der Waals surface area contributed by atoms with Crippen molar-refractivity contribution in [3.05, 3.63) is 52.3 Å². The molecule has 3 aliphatic rings. The summed E-state index contributed by atoms with van der Waals surface area (Å²) >= 11 is 0. The van der Waals surface area contributed by atoms with Gasteiger partial charge >= 0.3 is 6.18 Å². The summed E-state index contributed by atoms with van der Waals surface area (Å²) in [6, 6.07) is 6.13. The first kappa shape index (κ1) is 18.2. The fraction of sp³-hybridized carbons (Fsp3) is 0.571. The average Bonchev–Trinajstić information content (AvgIpc) is 3.35. The lowest BCUT2D eigenvalue weighted by Crippen LogP contribution is -2.26. The quantitative estimate of drug-likeness (QED) is 0.840. The first-order valence-corrected chi connectivity index (χ1v) is 10.1. The third kappa shape index (κ3) is 3.24. The van der Waals surface area contributed by atoms with E-state index in [1.165, 1.54) is 23.4 Å². The third-order valence-electron chi connectivity index (χ3n) is 6.80. The highest BCUT2D eigenvalue weighted by Gasteiger charge is 2.44. The summed E-state index contributed by atoms with van der Waals surface area (Å²) in [7, 11) is 0. The molecule has 0 spiro atoms. The van der Waals surface area contributed by atoms with Crippen molar-refractivity contribution in [1.82, 2.24) is 20.4 Å². The minimum absolute atomic E-state index is 0.0270. The molecular weight excluding hydrogens is 365 g/mol. The highest BCUT2D eigenvalue weighted by atomic mass is 19.4. The predicted octanol–water partition coefficient (Wildman–Crippen LogP) is 3.70. The van der Waals surface area contributed by atoms with Crippen LogP contribution in [0.5, 0.6) is 0 Å². The van der Waals surface area contributed by atoms with E-state index in [0.29, 0.717) is 17.4 Å². The molecule has 0 bridgehead atoms. The van der Waals surface area contributed by atoms with E-state index in [2.05, 4.69) is 20.4 Å². The lowest BCUT2D eigenvalue weighted by atomic mass is 9.91. The van der Waals surface area contributed by atoms with Crippen LogP contribution in [0.25, 0.3) is 0 Å². The monoisotopic (exact) mass is 390 g/mol. The molecule has 3 atom stereocenters. The molecule has 0 amide bonds. The van der Waals surface area contributed by atoms with E-state index in [9.17, 15) is 13.2 Å². The van der Waals surface area contributed by atoms with Crippen LogP contribution < -0.4 is 5.32 Å². The minimum atomic E-state index is -4.27. The van der Waals surface area contributed by atoms with Crippen molar-refractivity contribution in [1.29, 1.82) is 0 Å². The lowest BCUT2D eigenvalue weighted by molar-refractivity contribution is -0.138. The Balaban J connectivity index is 1.26. The summed E-state index contributed by atoms with van der Waals surface area (Å²) in [4.78, 5) is 2.44. The molecule has 3 heterocycles. The second-order valence-electron chi connectivity index (χ2n) is 8.52. The maximum atomic E-state index is 13.4. The van der Waals surface area contributed by atoms with E-state index in [0.717, 1.165) is 57.7 Å². The number of likely N-dealkylation sites (tertiary alicyclic amines) is 1. The van der Waals surface area contributed by atoms with Gasteiger partial charge in [-0.2, -0.15) is 18.3 Å². The molecule has 1 unspecified atom stereocenters. The van der Waals surface area contributed by atoms with Crippen LogP contribution in [0.2, 0.25) is 0 Å². The van der Waals surface area contributed by atoms with E-state index in [1.807, 2.05) is 0 Å². The van der Waals surface area contributed by atoms with Gasteiger partial charge in [-0.1, -0.05) is 18.2 Å². The second kappa shape index (κ2) is 6.88. The molecule has 2 aliphatic heterocycles. The van der Waals surface area contributed by atoms with Crippen LogP contribution in [-0.4, -0.2) is 34.7 Å². The largest absolute Gasteiger partial charge is 0.416 e. The first-order chi connectivity index (χ1) is 13.5. The molecule has 28 heavy (non-hydrogen) atoms. The van der Waals surface area contributed by atoms with Crippen molar-refractivity contribution >= 4 is 0 Å². The van der Waals surface area contributed by atoms with Gasteiger partial charge in [0.2, 0.25) is 0 Å². The summed E-state index contributed by atoms with van der Waals surface area (Å²) in [6.07, 6.45) is -1.54. The zero-order chi connectivity index (χ0) is 19.3. The van der Waals surface area contributed by atoms with Crippen molar-refractivity contribution in [3.8, 4) is 0 Å². The van der Waals surface area contributed by atoms with E-state index in [4.69, 9.17) is 0 Å². The number of H-pyrrole nitrogens is 1. The van der Waals surface area contributed by atoms with Gasteiger partial charge in [0.25, 0.3) is 0 Å². The SMILES string of the molecule is FC(F)(F)c1ccccc1C1C[C@@H]2CN(Cc3n[nH]c4c3CCNC4)C[C@@H]2C1. The first-order valence-electron chi connectivity index (χ1n) is 10.1. The van der Waals surface area contributed by atoms with Crippen LogP contribution in [-0.2, 0) is 25.7 Å². The molecule has 5 rings (SSSR count). The molecule has 2 aromatic rings. The van der Waals surface area contributed by atoms with Crippen molar-refractivity contribution in [2.45, 2.75) is 44.4 Å². The Morgan fingerprint density at radius 1 is 1.11 bits per heavy atom. The van der Waals surface area contributed by atoms with Crippen LogP contribution >= 0.6 is 0 Å². The molecule has 1 saturated heterocycles. The zero-order valence-corrected chi connectivity index (χ0v) is 15.7. The normalized spacial score (nSPS) is 27.8. The van der Waals surface area contributed by atoms with Gasteiger partial charge in [0.1, 0.15) is 0 Å². The smallest absolute Gasteiger partial charge is 0.311 e. The van der Waals surface area contributed by atoms with Gasteiger partial charge in [-0.25, -0.2) is 0 Å². The van der Waals surface area contributed by atoms with Gasteiger partial charge in [-0.3, -0.25) is 10.00 Å². The molecule has 0 radical (unpaired) electrons. The molecule has 150 valence electrons. The summed E-state index contributed by atoms with van der Waals surface area (Å²) in [5, 5.41) is 11.0. The van der Waals surface area contributed by atoms with Gasteiger partial charge in [0, 0.05) is 31.7 Å². The standard InChI is InChI=1S/C21H25F3N4/c22-21(23,24)18-4-2-1-3-16(18)13-7-14-10-28(11-15(14)8-13)12-20-17-5-6-25-9-19(17)26-27-20/h1-4,13-15,25H,5-12H2,(H,26,27)/t13?,14-,15+. The van der Waals surface area contributed by atoms with Crippen molar-refractivity contribution < 1.29 is 13.2 Å². The Labute approximate surface area is 162 Å². The Morgan fingerprint density at radius 3 is 2.61 bits per heavy atom. The highest BCUT2D eigenvalue weighted by molar-refractivity contribution is 5.34. The Morgan fingerprint density at radius 2 is 1.86 bits per heavy atom. The summed E-state index contributed by atoms with van der Waals surface area (Å²) in [5.41, 5.74) is 3.74. The highest BCUT2D eigenvalue weighted by Crippen LogP contribution is 2.49. The number of rotatable bonds is 3. The number of nitrogens with one attached hydrogen (secondary N) is 2. The summed E-state index contributed by atoms with van der Waals surface area (Å²) in [5.74, 6) is 1.00. The van der Waals surface area contributed by atoms with Crippen molar-refractivity contribution in [2.75, 3.05) is 19.6 Å². The fourth-order valence-corrected chi connectivity index (χ4v) is 5.55. The number of halogens is 3. The maximum Gasteiger partial charge on any atom is 0.416 e. The topological polar surface area (TPSA) is 44.0 Å². The predicted molar refractivity (Wildman–Crippen MR) is 99.7 cm³/mol. The zero-order valence-electron chi connectivity index (χ0n) is 15.7. The molecule has 2 N–H and O–H groups in total. The molecule has 1 aromatic carbocycles. The third-order valence-corrected chi connectivity index (χ3v) is 6.80. The summed E-state index contributed by atoms with van der Waals surface area (Å²) in [6.45, 7) is 4.63. The van der Waals surface area contributed by atoms with Gasteiger partial charge < -0.3 is 5.32 Å². The molecule has 7 heteroatoms. The van der Waals surface area contributed by atoms with Crippen LogP contribution in [0.3, 0.4) is 0 Å². The fourth-order valence-electron chi connectivity index (χ4n) is 5.55. The Bertz CT molecular complexity index is 846. The number of nitrogens with zero attached hydrogens (tertiary/aromatic N) is 2. The number of fused-ring (bicyclic) bond motifs is 2. The number of hydrogen-bond acceptors (Lipinski definition) is 3. The molecule has 1 saturated carbocycles. The van der Waals surface area contributed by atoms with Gasteiger partial charge in [0.05, 0.1) is 17.0 Å². The van der Waals surface area contributed by atoms with E-state index in [-0.39, 0.29) is 5.92 Å². The average molecular weight is 390 g/mol. The van der Waals surface area contributed by atoms with E-state index >= 15 is 0 Å². The number of aromatic amines is 1. The maximum absolute atomic E-state index is 13.4. The van der Waals surface area contributed by atoms with Gasteiger partial charge in [-0.05, 0) is 55.2 Å². The van der Waals surface area contributed by atoms with Gasteiger partial charge in [0.15, 0.2) is 0 Å². The van der Waals surface area contributed by atoms with Crippen LogP contribution in [0.4, 0.5) is 13.2 Å².